The Kier molecular flexibility index (Phi) is 5.92. The molecule has 0 unspecified atom stereocenters. The lowest BCUT2D eigenvalue weighted by atomic mass is 10.1. The largest absolute Gasteiger partial charge is 0.497 e. The second kappa shape index (κ2) is 8.34. The first-order chi connectivity index (χ1) is 12.2. The van der Waals surface area contributed by atoms with Crippen molar-refractivity contribution in [3.63, 3.8) is 0 Å². The maximum atomic E-state index is 6.52. The summed E-state index contributed by atoms with van der Waals surface area (Å²) in [4.78, 5) is 2.38. The van der Waals surface area contributed by atoms with Crippen molar-refractivity contribution in [3.8, 4) is 11.5 Å². The standard InChI is InChI=1S/C20H25ClN2O2/c1-24-17-8-6-15(20(13-17)25-2)14-22-16-7-9-19(18(21)12-16)23-10-4-3-5-11-23/h6-9,12-13,22H,3-5,10-11,14H2,1-2H3. The summed E-state index contributed by atoms with van der Waals surface area (Å²) in [6.07, 6.45) is 3.80. The zero-order chi connectivity index (χ0) is 17.6. The van der Waals surface area contributed by atoms with Gasteiger partial charge in [0, 0.05) is 37.0 Å². The SMILES string of the molecule is COc1ccc(CNc2ccc(N3CCCCC3)c(Cl)c2)c(OC)c1. The number of benzene rings is 2. The predicted octanol–water partition coefficient (Wildman–Crippen LogP) is 4.96. The molecule has 2 aromatic carbocycles. The molecule has 0 aromatic heterocycles. The Bertz CT molecular complexity index is 715. The molecule has 0 atom stereocenters. The first kappa shape index (κ1) is 17.7. The molecule has 1 aliphatic rings. The number of piperidine rings is 1. The van der Waals surface area contributed by atoms with Crippen molar-refractivity contribution >= 4 is 23.0 Å². The quantitative estimate of drug-likeness (QED) is 0.789. The van der Waals surface area contributed by atoms with Gasteiger partial charge in [-0.2, -0.15) is 0 Å². The molecule has 0 amide bonds. The molecule has 0 saturated carbocycles. The van der Waals surface area contributed by atoms with Crippen LogP contribution in [0.2, 0.25) is 5.02 Å². The number of halogens is 1. The van der Waals surface area contributed by atoms with Crippen LogP contribution in [0, 0.1) is 0 Å². The van der Waals surface area contributed by atoms with E-state index in [-0.39, 0.29) is 0 Å². The van der Waals surface area contributed by atoms with E-state index in [1.54, 1.807) is 14.2 Å². The second-order valence-electron chi connectivity index (χ2n) is 6.25. The van der Waals surface area contributed by atoms with Gasteiger partial charge in [-0.05, 0) is 49.6 Å². The molecule has 25 heavy (non-hydrogen) atoms. The molecule has 5 heteroatoms. The van der Waals surface area contributed by atoms with Crippen LogP contribution in [-0.2, 0) is 6.54 Å². The van der Waals surface area contributed by atoms with E-state index in [0.717, 1.165) is 46.5 Å². The molecule has 1 fully saturated rings. The minimum absolute atomic E-state index is 0.659. The van der Waals surface area contributed by atoms with Crippen LogP contribution >= 0.6 is 11.6 Å². The summed E-state index contributed by atoms with van der Waals surface area (Å²) in [6, 6.07) is 12.0. The number of hydrogen-bond donors (Lipinski definition) is 1. The van der Waals surface area contributed by atoms with Crippen LogP contribution in [0.25, 0.3) is 0 Å². The maximum Gasteiger partial charge on any atom is 0.127 e. The van der Waals surface area contributed by atoms with Crippen molar-refractivity contribution in [1.29, 1.82) is 0 Å². The highest BCUT2D eigenvalue weighted by Crippen LogP contribution is 2.31. The third kappa shape index (κ3) is 4.31. The van der Waals surface area contributed by atoms with Gasteiger partial charge in [-0.15, -0.1) is 0 Å². The van der Waals surface area contributed by atoms with Crippen LogP contribution in [0.1, 0.15) is 24.8 Å². The first-order valence-corrected chi connectivity index (χ1v) is 9.08. The monoisotopic (exact) mass is 360 g/mol. The van der Waals surface area contributed by atoms with E-state index in [0.29, 0.717) is 6.54 Å². The molecular weight excluding hydrogens is 336 g/mol. The molecule has 1 N–H and O–H groups in total. The molecule has 0 aliphatic carbocycles. The van der Waals surface area contributed by atoms with Crippen LogP contribution < -0.4 is 19.7 Å². The van der Waals surface area contributed by atoms with E-state index in [2.05, 4.69) is 22.3 Å². The van der Waals surface area contributed by atoms with Gasteiger partial charge >= 0.3 is 0 Å². The van der Waals surface area contributed by atoms with E-state index >= 15 is 0 Å². The summed E-state index contributed by atoms with van der Waals surface area (Å²) in [5.74, 6) is 1.59. The molecule has 0 spiro atoms. The molecule has 1 saturated heterocycles. The number of hydrogen-bond acceptors (Lipinski definition) is 4. The zero-order valence-electron chi connectivity index (χ0n) is 14.8. The van der Waals surface area contributed by atoms with Gasteiger partial charge in [0.05, 0.1) is 24.9 Å². The average molecular weight is 361 g/mol. The smallest absolute Gasteiger partial charge is 0.127 e. The molecule has 0 radical (unpaired) electrons. The lowest BCUT2D eigenvalue weighted by molar-refractivity contribution is 0.391. The number of methoxy groups -OCH3 is 2. The number of nitrogens with zero attached hydrogens (tertiary/aromatic N) is 1. The highest BCUT2D eigenvalue weighted by atomic mass is 35.5. The normalized spacial score (nSPS) is 14.3. The maximum absolute atomic E-state index is 6.52. The summed E-state index contributed by atoms with van der Waals surface area (Å²) in [7, 11) is 3.32. The van der Waals surface area contributed by atoms with Gasteiger partial charge in [0.15, 0.2) is 0 Å². The molecule has 1 aliphatic heterocycles. The summed E-state index contributed by atoms with van der Waals surface area (Å²) < 4.78 is 10.7. The van der Waals surface area contributed by atoms with Gasteiger partial charge in [0.25, 0.3) is 0 Å². The molecule has 1 heterocycles. The fourth-order valence-electron chi connectivity index (χ4n) is 3.20. The minimum Gasteiger partial charge on any atom is -0.497 e. The van der Waals surface area contributed by atoms with Crippen LogP contribution in [0.3, 0.4) is 0 Å². The second-order valence-corrected chi connectivity index (χ2v) is 6.65. The topological polar surface area (TPSA) is 33.7 Å². The molecule has 3 rings (SSSR count). The Morgan fingerprint density at radius 1 is 1.00 bits per heavy atom. The number of nitrogens with one attached hydrogen (secondary N) is 1. The first-order valence-electron chi connectivity index (χ1n) is 8.70. The Labute approximate surface area is 154 Å². The lowest BCUT2D eigenvalue weighted by Gasteiger charge is -2.29. The summed E-state index contributed by atoms with van der Waals surface area (Å²) in [5, 5.41) is 4.22. The zero-order valence-corrected chi connectivity index (χ0v) is 15.6. The molecule has 2 aromatic rings. The van der Waals surface area contributed by atoms with Crippen molar-refractivity contribution in [2.75, 3.05) is 37.5 Å². The van der Waals surface area contributed by atoms with Crippen molar-refractivity contribution in [1.82, 2.24) is 0 Å². The Morgan fingerprint density at radius 2 is 1.80 bits per heavy atom. The average Bonchev–Trinajstić information content (AvgIpc) is 2.67. The molecule has 134 valence electrons. The molecular formula is C20H25ClN2O2. The van der Waals surface area contributed by atoms with Gasteiger partial charge in [0.1, 0.15) is 11.5 Å². The summed E-state index contributed by atoms with van der Waals surface area (Å²) >= 11 is 6.52. The van der Waals surface area contributed by atoms with E-state index in [1.165, 1.54) is 19.3 Å². The van der Waals surface area contributed by atoms with Crippen LogP contribution in [0.4, 0.5) is 11.4 Å². The molecule has 0 bridgehead atoms. The summed E-state index contributed by atoms with van der Waals surface area (Å²) in [5.41, 5.74) is 3.21. The highest BCUT2D eigenvalue weighted by Gasteiger charge is 2.14. The van der Waals surface area contributed by atoms with Crippen molar-refractivity contribution < 1.29 is 9.47 Å². The number of ether oxygens (including phenoxy) is 2. The Morgan fingerprint density at radius 3 is 2.48 bits per heavy atom. The predicted molar refractivity (Wildman–Crippen MR) is 104 cm³/mol. The van der Waals surface area contributed by atoms with E-state index in [4.69, 9.17) is 21.1 Å². The van der Waals surface area contributed by atoms with Crippen LogP contribution in [-0.4, -0.2) is 27.3 Å². The fourth-order valence-corrected chi connectivity index (χ4v) is 3.50. The van der Waals surface area contributed by atoms with Crippen LogP contribution in [0.5, 0.6) is 11.5 Å². The third-order valence-electron chi connectivity index (χ3n) is 4.62. The van der Waals surface area contributed by atoms with Crippen LogP contribution in [0.15, 0.2) is 36.4 Å². The minimum atomic E-state index is 0.659. The van der Waals surface area contributed by atoms with Crippen molar-refractivity contribution in [2.45, 2.75) is 25.8 Å². The van der Waals surface area contributed by atoms with E-state index in [1.807, 2.05) is 24.3 Å². The van der Waals surface area contributed by atoms with Gasteiger partial charge in [-0.1, -0.05) is 11.6 Å². The molecule has 4 nitrogen and oxygen atoms in total. The Hall–Kier alpha value is -2.07. The number of rotatable bonds is 6. The highest BCUT2D eigenvalue weighted by molar-refractivity contribution is 6.33. The van der Waals surface area contributed by atoms with Crippen molar-refractivity contribution in [2.24, 2.45) is 0 Å². The third-order valence-corrected chi connectivity index (χ3v) is 4.92. The van der Waals surface area contributed by atoms with E-state index in [9.17, 15) is 0 Å². The lowest BCUT2D eigenvalue weighted by Crippen LogP contribution is -2.29. The van der Waals surface area contributed by atoms with Gasteiger partial charge < -0.3 is 19.7 Å². The van der Waals surface area contributed by atoms with Gasteiger partial charge in [0.2, 0.25) is 0 Å². The fraction of sp³-hybridized carbons (Fsp3) is 0.400. The number of anilines is 2. The van der Waals surface area contributed by atoms with Gasteiger partial charge in [-0.25, -0.2) is 0 Å². The Balaban J connectivity index is 1.68. The van der Waals surface area contributed by atoms with E-state index < -0.39 is 0 Å². The van der Waals surface area contributed by atoms with Gasteiger partial charge in [-0.3, -0.25) is 0 Å². The van der Waals surface area contributed by atoms with Crippen molar-refractivity contribution in [3.05, 3.63) is 47.0 Å². The summed E-state index contributed by atoms with van der Waals surface area (Å²) in [6.45, 7) is 2.84.